The van der Waals surface area contributed by atoms with E-state index in [0.717, 1.165) is 67.2 Å². The number of carbonyl (C=O) groups is 2. The Morgan fingerprint density at radius 1 is 1.08 bits per heavy atom. The van der Waals surface area contributed by atoms with Crippen molar-refractivity contribution in [2.75, 3.05) is 56.2 Å². The van der Waals surface area contributed by atoms with Crippen molar-refractivity contribution in [3.05, 3.63) is 29.8 Å². The zero-order valence-electron chi connectivity index (χ0n) is 21.9. The smallest absolute Gasteiger partial charge is 0.224 e. The molecule has 1 aromatic heterocycles. The van der Waals surface area contributed by atoms with Gasteiger partial charge in [-0.2, -0.15) is 0 Å². The maximum atomic E-state index is 12.5. The van der Waals surface area contributed by atoms with Crippen molar-refractivity contribution in [2.45, 2.75) is 64.8 Å². The molecule has 0 radical (unpaired) electrons. The standard InChI is InChI=1S/C28H41N5O3/c1-3-23-7-4-5-13-32(23)14-6-12-29-27(34)10-11-28(35)30-22-8-9-25-24(20-22)21(2)19-26(31-25)33-15-17-36-18-16-33/h8-9,19-20,23H,3-7,10-18H2,1-2H3,(H,29,34)(H,30,35). The summed E-state index contributed by atoms with van der Waals surface area (Å²) in [6.07, 6.45) is 6.42. The number of pyridine rings is 1. The van der Waals surface area contributed by atoms with Crippen LogP contribution in [0.2, 0.25) is 0 Å². The van der Waals surface area contributed by atoms with Gasteiger partial charge in [0.1, 0.15) is 5.82 Å². The van der Waals surface area contributed by atoms with Gasteiger partial charge in [-0.05, 0) is 69.0 Å². The predicted octanol–water partition coefficient (Wildman–Crippen LogP) is 3.87. The molecule has 8 nitrogen and oxygen atoms in total. The van der Waals surface area contributed by atoms with Crippen LogP contribution >= 0.6 is 0 Å². The Labute approximate surface area is 214 Å². The molecule has 2 saturated heterocycles. The van der Waals surface area contributed by atoms with Gasteiger partial charge in [-0.3, -0.25) is 9.59 Å². The maximum Gasteiger partial charge on any atom is 0.224 e. The molecule has 0 spiro atoms. The Balaban J connectivity index is 1.20. The Morgan fingerprint density at radius 3 is 2.69 bits per heavy atom. The third kappa shape index (κ3) is 7.17. The van der Waals surface area contributed by atoms with Gasteiger partial charge in [0.15, 0.2) is 0 Å². The van der Waals surface area contributed by atoms with Crippen LogP contribution in [0.4, 0.5) is 11.5 Å². The van der Waals surface area contributed by atoms with Crippen molar-refractivity contribution in [1.82, 2.24) is 15.2 Å². The van der Waals surface area contributed by atoms with Crippen LogP contribution in [0.25, 0.3) is 10.9 Å². The van der Waals surface area contributed by atoms with E-state index in [9.17, 15) is 9.59 Å². The number of ether oxygens (including phenoxy) is 1. The van der Waals surface area contributed by atoms with Gasteiger partial charge in [-0.25, -0.2) is 4.98 Å². The highest BCUT2D eigenvalue weighted by Crippen LogP contribution is 2.26. The van der Waals surface area contributed by atoms with E-state index in [4.69, 9.17) is 9.72 Å². The SMILES string of the molecule is CCC1CCCCN1CCCNC(=O)CCC(=O)Nc1ccc2nc(N3CCOCC3)cc(C)c2c1. The minimum Gasteiger partial charge on any atom is -0.378 e. The van der Waals surface area contributed by atoms with Crippen LogP contribution < -0.4 is 15.5 Å². The summed E-state index contributed by atoms with van der Waals surface area (Å²) < 4.78 is 5.44. The fraction of sp³-hybridized carbons (Fsp3) is 0.607. The second kappa shape index (κ2) is 13.0. The van der Waals surface area contributed by atoms with E-state index < -0.39 is 0 Å². The van der Waals surface area contributed by atoms with Crippen molar-refractivity contribution in [1.29, 1.82) is 0 Å². The number of benzene rings is 1. The van der Waals surface area contributed by atoms with Crippen LogP contribution in [0.5, 0.6) is 0 Å². The summed E-state index contributed by atoms with van der Waals surface area (Å²) in [5.74, 6) is 0.747. The molecule has 2 aromatic rings. The van der Waals surface area contributed by atoms with E-state index in [2.05, 4.69) is 40.3 Å². The molecule has 196 valence electrons. The maximum absolute atomic E-state index is 12.5. The van der Waals surface area contributed by atoms with Crippen molar-refractivity contribution >= 4 is 34.2 Å². The van der Waals surface area contributed by atoms with Gasteiger partial charge in [0.05, 0.1) is 18.7 Å². The number of aromatic nitrogens is 1. The fourth-order valence-electron chi connectivity index (χ4n) is 5.27. The van der Waals surface area contributed by atoms with Gasteiger partial charge in [-0.1, -0.05) is 13.3 Å². The highest BCUT2D eigenvalue weighted by molar-refractivity contribution is 5.96. The molecule has 2 aliphatic rings. The Bertz CT molecular complexity index is 1040. The Morgan fingerprint density at radius 2 is 1.89 bits per heavy atom. The average molecular weight is 496 g/mol. The van der Waals surface area contributed by atoms with E-state index in [0.29, 0.717) is 12.6 Å². The third-order valence-electron chi connectivity index (χ3n) is 7.36. The highest BCUT2D eigenvalue weighted by atomic mass is 16.5. The van der Waals surface area contributed by atoms with Gasteiger partial charge in [0, 0.05) is 56.1 Å². The van der Waals surface area contributed by atoms with E-state index in [-0.39, 0.29) is 24.7 Å². The van der Waals surface area contributed by atoms with Gasteiger partial charge in [0.2, 0.25) is 11.8 Å². The number of rotatable bonds is 10. The Kier molecular flexibility index (Phi) is 9.53. The first-order valence-corrected chi connectivity index (χ1v) is 13.6. The highest BCUT2D eigenvalue weighted by Gasteiger charge is 2.20. The molecule has 8 heteroatoms. The molecule has 4 rings (SSSR count). The van der Waals surface area contributed by atoms with Crippen LogP contribution in [0.3, 0.4) is 0 Å². The molecule has 0 aliphatic carbocycles. The predicted molar refractivity (Wildman–Crippen MR) is 145 cm³/mol. The normalized spacial score (nSPS) is 18.8. The minimum atomic E-state index is -0.154. The molecular formula is C28H41N5O3. The number of likely N-dealkylation sites (tertiary alicyclic amines) is 1. The molecule has 3 heterocycles. The number of nitrogens with zero attached hydrogens (tertiary/aromatic N) is 3. The van der Waals surface area contributed by atoms with E-state index in [1.54, 1.807) is 0 Å². The lowest BCUT2D eigenvalue weighted by molar-refractivity contribution is -0.124. The topological polar surface area (TPSA) is 86.8 Å². The summed E-state index contributed by atoms with van der Waals surface area (Å²) in [5.41, 5.74) is 2.75. The number of nitrogens with one attached hydrogen (secondary N) is 2. The van der Waals surface area contributed by atoms with Gasteiger partial charge < -0.3 is 25.2 Å². The minimum absolute atomic E-state index is 0.0648. The van der Waals surface area contributed by atoms with Crippen LogP contribution in [-0.2, 0) is 14.3 Å². The lowest BCUT2D eigenvalue weighted by atomic mass is 10.00. The van der Waals surface area contributed by atoms with E-state index in [1.165, 1.54) is 32.2 Å². The molecule has 2 fully saturated rings. The van der Waals surface area contributed by atoms with Crippen LogP contribution in [0.1, 0.15) is 57.4 Å². The van der Waals surface area contributed by atoms with Crippen molar-refractivity contribution in [2.24, 2.45) is 0 Å². The van der Waals surface area contributed by atoms with Crippen LogP contribution in [0.15, 0.2) is 24.3 Å². The number of aryl methyl sites for hydroxylation is 1. The summed E-state index contributed by atoms with van der Waals surface area (Å²) >= 11 is 0. The van der Waals surface area contributed by atoms with Gasteiger partial charge >= 0.3 is 0 Å². The van der Waals surface area contributed by atoms with Gasteiger partial charge in [0.25, 0.3) is 0 Å². The lowest BCUT2D eigenvalue weighted by Gasteiger charge is -2.35. The lowest BCUT2D eigenvalue weighted by Crippen LogP contribution is -2.40. The molecule has 2 N–H and O–H groups in total. The molecule has 1 aromatic carbocycles. The third-order valence-corrected chi connectivity index (χ3v) is 7.36. The zero-order valence-corrected chi connectivity index (χ0v) is 21.9. The molecule has 1 atom stereocenters. The summed E-state index contributed by atoms with van der Waals surface area (Å²) in [5, 5.41) is 6.92. The second-order valence-electron chi connectivity index (χ2n) is 9.97. The van der Waals surface area contributed by atoms with Crippen molar-refractivity contribution in [3.63, 3.8) is 0 Å². The number of anilines is 2. The number of morpholine rings is 1. The largest absolute Gasteiger partial charge is 0.378 e. The molecule has 0 saturated carbocycles. The number of hydrogen-bond donors (Lipinski definition) is 2. The summed E-state index contributed by atoms with van der Waals surface area (Å²) in [4.78, 5) is 34.3. The first kappa shape index (κ1) is 26.4. The summed E-state index contributed by atoms with van der Waals surface area (Å²) in [6, 6.07) is 8.57. The molecular weight excluding hydrogens is 454 g/mol. The summed E-state index contributed by atoms with van der Waals surface area (Å²) in [6.45, 7) is 10.3. The zero-order chi connectivity index (χ0) is 25.3. The quantitative estimate of drug-likeness (QED) is 0.487. The first-order valence-electron chi connectivity index (χ1n) is 13.6. The molecule has 36 heavy (non-hydrogen) atoms. The summed E-state index contributed by atoms with van der Waals surface area (Å²) in [7, 11) is 0. The number of amides is 2. The molecule has 2 amide bonds. The van der Waals surface area contributed by atoms with Gasteiger partial charge in [-0.15, -0.1) is 0 Å². The molecule has 1 unspecified atom stereocenters. The number of carbonyl (C=O) groups excluding carboxylic acids is 2. The van der Waals surface area contributed by atoms with Crippen LogP contribution in [0, 0.1) is 6.92 Å². The fourth-order valence-corrected chi connectivity index (χ4v) is 5.27. The van der Waals surface area contributed by atoms with Crippen molar-refractivity contribution in [3.8, 4) is 0 Å². The number of hydrogen-bond acceptors (Lipinski definition) is 6. The average Bonchev–Trinajstić information content (AvgIpc) is 2.91. The van der Waals surface area contributed by atoms with Crippen molar-refractivity contribution < 1.29 is 14.3 Å². The molecule has 0 bridgehead atoms. The monoisotopic (exact) mass is 495 g/mol. The van der Waals surface area contributed by atoms with E-state index in [1.807, 2.05) is 18.2 Å². The van der Waals surface area contributed by atoms with E-state index >= 15 is 0 Å². The number of piperidine rings is 1. The second-order valence-corrected chi connectivity index (χ2v) is 9.97. The molecule has 2 aliphatic heterocycles. The van der Waals surface area contributed by atoms with Crippen LogP contribution in [-0.4, -0.2) is 73.7 Å². The first-order chi connectivity index (χ1) is 17.5. The number of fused-ring (bicyclic) bond motifs is 1. The Hall–Kier alpha value is -2.71.